The van der Waals surface area contributed by atoms with Gasteiger partial charge in [0.25, 0.3) is 0 Å². The highest BCUT2D eigenvalue weighted by atomic mass is 16.6. The van der Waals surface area contributed by atoms with Crippen LogP contribution in [-0.2, 0) is 14.3 Å². The summed E-state index contributed by atoms with van der Waals surface area (Å²) in [7, 11) is 0. The van der Waals surface area contributed by atoms with Crippen molar-refractivity contribution >= 4 is 5.97 Å². The molecule has 1 saturated heterocycles. The minimum Gasteiger partial charge on any atom is -0.461 e. The number of ether oxygens (including phenoxy) is 2. The molecule has 0 amide bonds. The molecule has 0 saturated carbocycles. The molecule has 3 heteroatoms. The number of hydrogen-bond donors (Lipinski definition) is 0. The van der Waals surface area contributed by atoms with Crippen molar-refractivity contribution in [2.24, 2.45) is 0 Å². The van der Waals surface area contributed by atoms with Crippen LogP contribution in [0.1, 0.15) is 0 Å². The SMILES string of the molecule is O=C1[CH]OCCO1. The summed E-state index contributed by atoms with van der Waals surface area (Å²) in [5, 5.41) is 0. The Bertz CT molecular complexity index is 71.0. The smallest absolute Gasteiger partial charge is 0.338 e. The number of hydrogen-bond acceptors (Lipinski definition) is 3. The number of cyclic esters (lactones) is 1. The van der Waals surface area contributed by atoms with Crippen LogP contribution < -0.4 is 0 Å². The molecule has 1 fully saturated rings. The summed E-state index contributed by atoms with van der Waals surface area (Å²) in [4.78, 5) is 10.1. The zero-order chi connectivity index (χ0) is 5.11. The van der Waals surface area contributed by atoms with Gasteiger partial charge in [0.2, 0.25) is 0 Å². The fourth-order valence-corrected chi connectivity index (χ4v) is 0.351. The third kappa shape index (κ3) is 1.16. The van der Waals surface area contributed by atoms with Gasteiger partial charge >= 0.3 is 5.97 Å². The Labute approximate surface area is 41.2 Å². The van der Waals surface area contributed by atoms with Gasteiger partial charge < -0.3 is 9.47 Å². The second kappa shape index (κ2) is 1.93. The first kappa shape index (κ1) is 4.59. The van der Waals surface area contributed by atoms with Crippen LogP contribution in [0.5, 0.6) is 0 Å². The molecule has 3 nitrogen and oxygen atoms in total. The molecule has 0 aromatic heterocycles. The Hall–Kier alpha value is -0.570. The Kier molecular flexibility index (Phi) is 1.26. The van der Waals surface area contributed by atoms with Gasteiger partial charge in [-0.2, -0.15) is 0 Å². The van der Waals surface area contributed by atoms with Crippen molar-refractivity contribution in [3.8, 4) is 0 Å². The van der Waals surface area contributed by atoms with Crippen LogP contribution in [0.25, 0.3) is 0 Å². The van der Waals surface area contributed by atoms with E-state index in [9.17, 15) is 4.79 Å². The largest absolute Gasteiger partial charge is 0.461 e. The lowest BCUT2D eigenvalue weighted by Crippen LogP contribution is -2.18. The Morgan fingerprint density at radius 3 is 2.71 bits per heavy atom. The molecular weight excluding hydrogens is 96.0 g/mol. The predicted octanol–water partition coefficient (Wildman–Crippen LogP) is -0.278. The molecule has 7 heavy (non-hydrogen) atoms. The van der Waals surface area contributed by atoms with Crippen molar-refractivity contribution in [2.75, 3.05) is 13.2 Å². The van der Waals surface area contributed by atoms with Gasteiger partial charge in [0.15, 0.2) is 6.61 Å². The van der Waals surface area contributed by atoms with E-state index in [1.54, 1.807) is 0 Å². The van der Waals surface area contributed by atoms with E-state index in [1.165, 1.54) is 0 Å². The van der Waals surface area contributed by atoms with Gasteiger partial charge in [-0.3, -0.25) is 0 Å². The van der Waals surface area contributed by atoms with Crippen LogP contribution in [0.4, 0.5) is 0 Å². The second-order valence-electron chi connectivity index (χ2n) is 1.16. The van der Waals surface area contributed by atoms with Crippen molar-refractivity contribution < 1.29 is 14.3 Å². The standard InChI is InChI=1S/C4H5O3/c5-4-3-6-1-2-7-4/h3H,1-2H2. The number of carbonyl (C=O) groups excluding carboxylic acids is 1. The molecule has 0 atom stereocenters. The summed E-state index contributed by atoms with van der Waals surface area (Å²) in [5.41, 5.74) is 0. The van der Waals surface area contributed by atoms with E-state index < -0.39 is 0 Å². The first-order valence-corrected chi connectivity index (χ1v) is 2.01. The number of esters is 1. The lowest BCUT2D eigenvalue weighted by molar-refractivity contribution is -0.151. The second-order valence-corrected chi connectivity index (χ2v) is 1.16. The molecule has 0 bridgehead atoms. The third-order valence-corrected chi connectivity index (χ3v) is 0.625. The van der Waals surface area contributed by atoms with Crippen LogP contribution in [0.3, 0.4) is 0 Å². The average Bonchev–Trinajstić information content (AvgIpc) is 1.69. The Morgan fingerprint density at radius 1 is 1.57 bits per heavy atom. The molecular formula is C4H5O3. The fraction of sp³-hybridized carbons (Fsp3) is 0.500. The molecule has 0 aliphatic carbocycles. The minimum atomic E-state index is -0.383. The summed E-state index contributed by atoms with van der Waals surface area (Å²) in [5.74, 6) is -0.383. The third-order valence-electron chi connectivity index (χ3n) is 0.625. The average molecular weight is 101 g/mol. The van der Waals surface area contributed by atoms with Crippen LogP contribution in [0.2, 0.25) is 0 Å². The zero-order valence-electron chi connectivity index (χ0n) is 3.72. The van der Waals surface area contributed by atoms with E-state index in [1.807, 2.05) is 0 Å². The van der Waals surface area contributed by atoms with Crippen LogP contribution in [-0.4, -0.2) is 19.2 Å². The maximum Gasteiger partial charge on any atom is 0.338 e. The van der Waals surface area contributed by atoms with Gasteiger partial charge in [-0.1, -0.05) is 0 Å². The van der Waals surface area contributed by atoms with Crippen molar-refractivity contribution in [1.82, 2.24) is 0 Å². The van der Waals surface area contributed by atoms with E-state index >= 15 is 0 Å². The van der Waals surface area contributed by atoms with Gasteiger partial charge in [-0.25, -0.2) is 4.79 Å². The summed E-state index contributed by atoms with van der Waals surface area (Å²) in [6, 6.07) is 0. The van der Waals surface area contributed by atoms with Gasteiger partial charge in [0.05, 0.1) is 6.61 Å². The van der Waals surface area contributed by atoms with Gasteiger partial charge in [-0.05, 0) is 0 Å². The highest BCUT2D eigenvalue weighted by Gasteiger charge is 2.08. The van der Waals surface area contributed by atoms with E-state index in [-0.39, 0.29) is 5.97 Å². The van der Waals surface area contributed by atoms with Crippen LogP contribution >= 0.6 is 0 Å². The monoisotopic (exact) mass is 101 g/mol. The summed E-state index contributed by atoms with van der Waals surface area (Å²) in [6.45, 7) is 1.95. The van der Waals surface area contributed by atoms with E-state index in [0.717, 1.165) is 6.61 Å². The first-order chi connectivity index (χ1) is 3.39. The summed E-state index contributed by atoms with van der Waals surface area (Å²) >= 11 is 0. The number of rotatable bonds is 0. The van der Waals surface area contributed by atoms with Crippen molar-refractivity contribution in [1.29, 1.82) is 0 Å². The quantitative estimate of drug-likeness (QED) is 0.394. The molecule has 1 rings (SSSR count). The van der Waals surface area contributed by atoms with Crippen molar-refractivity contribution in [2.45, 2.75) is 0 Å². The highest BCUT2D eigenvalue weighted by Crippen LogP contribution is 1.93. The summed E-state index contributed by atoms with van der Waals surface area (Å²) < 4.78 is 9.04. The van der Waals surface area contributed by atoms with Crippen molar-refractivity contribution in [3.05, 3.63) is 6.61 Å². The maximum absolute atomic E-state index is 10.1. The number of carbonyl (C=O) groups is 1. The van der Waals surface area contributed by atoms with E-state index in [0.29, 0.717) is 13.2 Å². The normalized spacial score (nSPS) is 21.4. The molecule has 1 radical (unpaired) electrons. The molecule has 0 N–H and O–H groups in total. The topological polar surface area (TPSA) is 35.5 Å². The zero-order valence-corrected chi connectivity index (χ0v) is 3.72. The molecule has 1 aliphatic rings. The highest BCUT2D eigenvalue weighted by molar-refractivity contribution is 5.77. The van der Waals surface area contributed by atoms with E-state index in [4.69, 9.17) is 0 Å². The lowest BCUT2D eigenvalue weighted by Gasteiger charge is -2.08. The Balaban J connectivity index is 2.25. The van der Waals surface area contributed by atoms with Crippen molar-refractivity contribution in [3.63, 3.8) is 0 Å². The Morgan fingerprint density at radius 2 is 2.43 bits per heavy atom. The predicted molar refractivity (Wildman–Crippen MR) is 21.2 cm³/mol. The molecule has 0 aromatic rings. The fourth-order valence-electron chi connectivity index (χ4n) is 0.351. The molecule has 1 aliphatic heterocycles. The van der Waals surface area contributed by atoms with Crippen LogP contribution in [0, 0.1) is 6.61 Å². The van der Waals surface area contributed by atoms with Gasteiger partial charge in [-0.15, -0.1) is 0 Å². The maximum atomic E-state index is 10.1. The van der Waals surface area contributed by atoms with Gasteiger partial charge in [0, 0.05) is 0 Å². The first-order valence-electron chi connectivity index (χ1n) is 2.01. The molecule has 0 aromatic carbocycles. The molecule has 0 unspecified atom stereocenters. The van der Waals surface area contributed by atoms with Gasteiger partial charge in [0.1, 0.15) is 6.61 Å². The summed E-state index contributed by atoms with van der Waals surface area (Å²) in [6.07, 6.45) is 0. The van der Waals surface area contributed by atoms with Crippen LogP contribution in [0.15, 0.2) is 0 Å². The lowest BCUT2D eigenvalue weighted by atomic mass is 10.6. The minimum absolute atomic E-state index is 0.383. The molecule has 39 valence electrons. The molecule has 0 spiro atoms. The molecule has 1 heterocycles. The van der Waals surface area contributed by atoms with E-state index in [2.05, 4.69) is 9.47 Å².